The molecule has 3 rings (SSSR count). The molecule has 24 heavy (non-hydrogen) atoms. The Bertz CT molecular complexity index is 695. The highest BCUT2D eigenvalue weighted by molar-refractivity contribution is 5.98. The number of benzene rings is 1. The maximum atomic E-state index is 12.7. The molecule has 126 valence electrons. The highest BCUT2D eigenvalue weighted by Crippen LogP contribution is 2.21. The van der Waals surface area contributed by atoms with E-state index in [4.69, 9.17) is 10.2 Å². The van der Waals surface area contributed by atoms with Crippen LogP contribution in [0.15, 0.2) is 47.1 Å². The number of rotatable bonds is 5. The molecule has 1 atom stereocenters. The predicted octanol–water partition coefficient (Wildman–Crippen LogP) is 1.66. The van der Waals surface area contributed by atoms with Crippen molar-refractivity contribution in [3.63, 3.8) is 0 Å². The van der Waals surface area contributed by atoms with E-state index >= 15 is 0 Å². The lowest BCUT2D eigenvalue weighted by Crippen LogP contribution is -2.45. The Kier molecular flexibility index (Phi) is 4.96. The number of nitrogens with one attached hydrogen (secondary N) is 1. The third kappa shape index (κ3) is 3.49. The summed E-state index contributed by atoms with van der Waals surface area (Å²) in [5.74, 6) is 0.432. The molecule has 1 aliphatic heterocycles. The molecule has 6 nitrogen and oxygen atoms in total. The van der Waals surface area contributed by atoms with Crippen LogP contribution in [-0.2, 0) is 17.9 Å². The van der Waals surface area contributed by atoms with Crippen LogP contribution in [-0.4, -0.2) is 29.3 Å². The Morgan fingerprint density at radius 3 is 2.71 bits per heavy atom. The Hall–Kier alpha value is -2.60. The topological polar surface area (TPSA) is 88.6 Å². The van der Waals surface area contributed by atoms with Gasteiger partial charge in [-0.2, -0.15) is 0 Å². The Labute approximate surface area is 140 Å². The van der Waals surface area contributed by atoms with E-state index in [9.17, 15) is 9.59 Å². The number of nitrogens with two attached hydrogens (primary N) is 1. The molecule has 0 spiro atoms. The maximum Gasteiger partial charge on any atom is 0.254 e. The average Bonchev–Trinajstić information content (AvgIpc) is 3.30. The van der Waals surface area contributed by atoms with Crippen molar-refractivity contribution in [1.29, 1.82) is 0 Å². The largest absolute Gasteiger partial charge is 0.467 e. The molecule has 2 aromatic rings. The molecule has 6 heteroatoms. The van der Waals surface area contributed by atoms with Gasteiger partial charge in [-0.15, -0.1) is 0 Å². The number of carbonyl (C=O) groups is 2. The number of furan rings is 1. The first kappa shape index (κ1) is 16.3. The van der Waals surface area contributed by atoms with Crippen molar-refractivity contribution < 1.29 is 14.0 Å². The molecule has 1 fully saturated rings. The van der Waals surface area contributed by atoms with E-state index < -0.39 is 6.04 Å². The number of amides is 2. The highest BCUT2D eigenvalue weighted by atomic mass is 16.3. The van der Waals surface area contributed by atoms with E-state index in [0.29, 0.717) is 37.4 Å². The van der Waals surface area contributed by atoms with Crippen molar-refractivity contribution in [3.05, 3.63) is 59.5 Å². The van der Waals surface area contributed by atoms with E-state index in [1.54, 1.807) is 35.4 Å². The number of hydrogen-bond acceptors (Lipinski definition) is 4. The van der Waals surface area contributed by atoms with E-state index in [-0.39, 0.29) is 11.8 Å². The fourth-order valence-corrected chi connectivity index (χ4v) is 2.94. The van der Waals surface area contributed by atoms with Crippen molar-refractivity contribution >= 4 is 11.8 Å². The molecule has 1 aliphatic rings. The summed E-state index contributed by atoms with van der Waals surface area (Å²) in [4.78, 5) is 26.8. The Morgan fingerprint density at radius 1 is 1.25 bits per heavy atom. The van der Waals surface area contributed by atoms with E-state index in [1.807, 2.05) is 12.1 Å². The second kappa shape index (κ2) is 7.31. The quantitative estimate of drug-likeness (QED) is 0.874. The zero-order valence-corrected chi connectivity index (χ0v) is 13.4. The Balaban J connectivity index is 1.65. The monoisotopic (exact) mass is 327 g/mol. The van der Waals surface area contributed by atoms with Crippen LogP contribution in [0, 0.1) is 0 Å². The summed E-state index contributed by atoms with van der Waals surface area (Å²) in [6.45, 7) is 1.36. The lowest BCUT2D eigenvalue weighted by molar-refractivity contribution is -0.125. The Morgan fingerprint density at radius 2 is 2.04 bits per heavy atom. The molecule has 1 unspecified atom stereocenters. The zero-order chi connectivity index (χ0) is 16.9. The maximum absolute atomic E-state index is 12.7. The molecular weight excluding hydrogens is 306 g/mol. The summed E-state index contributed by atoms with van der Waals surface area (Å²) in [6, 6.07) is 10.4. The molecule has 1 aromatic carbocycles. The first-order valence-electron chi connectivity index (χ1n) is 8.09. The van der Waals surface area contributed by atoms with Crippen LogP contribution < -0.4 is 11.1 Å². The molecule has 0 bridgehead atoms. The van der Waals surface area contributed by atoms with Crippen LogP contribution in [0.25, 0.3) is 0 Å². The van der Waals surface area contributed by atoms with Gasteiger partial charge in [0, 0.05) is 18.7 Å². The van der Waals surface area contributed by atoms with Crippen LogP contribution in [0.5, 0.6) is 0 Å². The van der Waals surface area contributed by atoms with Gasteiger partial charge < -0.3 is 20.4 Å². The van der Waals surface area contributed by atoms with Crippen LogP contribution in [0.3, 0.4) is 0 Å². The van der Waals surface area contributed by atoms with E-state index in [0.717, 1.165) is 12.0 Å². The van der Waals surface area contributed by atoms with Gasteiger partial charge in [-0.1, -0.05) is 12.1 Å². The normalized spacial score (nSPS) is 17.0. The second-order valence-corrected chi connectivity index (χ2v) is 5.85. The minimum Gasteiger partial charge on any atom is -0.467 e. The molecule has 0 aliphatic carbocycles. The van der Waals surface area contributed by atoms with Crippen LogP contribution in [0.2, 0.25) is 0 Å². The third-order valence-electron chi connectivity index (χ3n) is 4.27. The lowest BCUT2D eigenvalue weighted by Gasteiger charge is -2.24. The standard InChI is InChI=1S/C18H21N3O3/c19-11-13-5-7-14(8-6-13)18(23)21-9-1-4-16(21)17(22)20-12-15-3-2-10-24-15/h2-3,5-8,10,16H,1,4,9,11-12,19H2,(H,20,22). The highest BCUT2D eigenvalue weighted by Gasteiger charge is 2.34. The summed E-state index contributed by atoms with van der Waals surface area (Å²) in [5.41, 5.74) is 7.13. The number of hydrogen-bond donors (Lipinski definition) is 2. The van der Waals surface area contributed by atoms with Gasteiger partial charge >= 0.3 is 0 Å². The fourth-order valence-electron chi connectivity index (χ4n) is 2.94. The summed E-state index contributed by atoms with van der Waals surface area (Å²) in [6.07, 6.45) is 3.07. The molecule has 1 aromatic heterocycles. The molecule has 2 amide bonds. The van der Waals surface area contributed by atoms with Gasteiger partial charge in [0.15, 0.2) is 0 Å². The molecular formula is C18H21N3O3. The first-order valence-corrected chi connectivity index (χ1v) is 8.09. The van der Waals surface area contributed by atoms with Crippen molar-refractivity contribution in [2.75, 3.05) is 6.54 Å². The summed E-state index contributed by atoms with van der Waals surface area (Å²) >= 11 is 0. The molecule has 3 N–H and O–H groups in total. The van der Waals surface area contributed by atoms with Crippen LogP contribution >= 0.6 is 0 Å². The van der Waals surface area contributed by atoms with Gasteiger partial charge in [0.25, 0.3) is 5.91 Å². The third-order valence-corrected chi connectivity index (χ3v) is 4.27. The smallest absolute Gasteiger partial charge is 0.254 e. The molecule has 1 saturated heterocycles. The first-order chi connectivity index (χ1) is 11.7. The lowest BCUT2D eigenvalue weighted by atomic mass is 10.1. The van der Waals surface area contributed by atoms with Crippen molar-refractivity contribution in [2.24, 2.45) is 5.73 Å². The van der Waals surface area contributed by atoms with Gasteiger partial charge in [0.05, 0.1) is 12.8 Å². The summed E-state index contributed by atoms with van der Waals surface area (Å²) in [5, 5.41) is 2.84. The van der Waals surface area contributed by atoms with E-state index in [1.165, 1.54) is 0 Å². The number of carbonyl (C=O) groups excluding carboxylic acids is 2. The summed E-state index contributed by atoms with van der Waals surface area (Å²) < 4.78 is 5.21. The van der Waals surface area contributed by atoms with Crippen LogP contribution in [0.1, 0.15) is 34.5 Å². The van der Waals surface area contributed by atoms with Gasteiger partial charge in [0.1, 0.15) is 11.8 Å². The zero-order valence-electron chi connectivity index (χ0n) is 13.4. The van der Waals surface area contributed by atoms with Gasteiger partial charge in [-0.3, -0.25) is 9.59 Å². The second-order valence-electron chi connectivity index (χ2n) is 5.85. The minimum atomic E-state index is -0.429. The molecule has 0 saturated carbocycles. The average molecular weight is 327 g/mol. The van der Waals surface area contributed by atoms with Gasteiger partial charge in [0.2, 0.25) is 5.91 Å². The fraction of sp³-hybridized carbons (Fsp3) is 0.333. The van der Waals surface area contributed by atoms with Crippen LogP contribution in [0.4, 0.5) is 0 Å². The minimum absolute atomic E-state index is 0.116. The van der Waals surface area contributed by atoms with E-state index in [2.05, 4.69) is 5.32 Å². The SMILES string of the molecule is NCc1ccc(C(=O)N2CCCC2C(=O)NCc2ccco2)cc1. The van der Waals surface area contributed by atoms with Crippen molar-refractivity contribution in [3.8, 4) is 0 Å². The number of likely N-dealkylation sites (tertiary alicyclic amines) is 1. The predicted molar refractivity (Wildman–Crippen MR) is 88.9 cm³/mol. The number of nitrogens with zero attached hydrogens (tertiary/aromatic N) is 1. The van der Waals surface area contributed by atoms with Gasteiger partial charge in [-0.25, -0.2) is 0 Å². The molecule has 2 heterocycles. The van der Waals surface area contributed by atoms with Crippen molar-refractivity contribution in [1.82, 2.24) is 10.2 Å². The molecule has 0 radical (unpaired) electrons. The van der Waals surface area contributed by atoms with Gasteiger partial charge in [-0.05, 0) is 42.7 Å². The summed E-state index contributed by atoms with van der Waals surface area (Å²) in [7, 11) is 0. The van der Waals surface area contributed by atoms with Crippen molar-refractivity contribution in [2.45, 2.75) is 32.0 Å².